The van der Waals surface area contributed by atoms with E-state index in [-0.39, 0.29) is 11.1 Å². The van der Waals surface area contributed by atoms with Gasteiger partial charge in [-0.05, 0) is 36.8 Å². The van der Waals surface area contributed by atoms with Crippen LogP contribution in [0.3, 0.4) is 0 Å². The number of hydrogen-bond donors (Lipinski definition) is 1. The lowest BCUT2D eigenvalue weighted by Crippen LogP contribution is -2.30. The number of halogens is 1. The van der Waals surface area contributed by atoms with Crippen LogP contribution in [0.5, 0.6) is 11.5 Å². The zero-order valence-electron chi connectivity index (χ0n) is 14.1. The topological polar surface area (TPSA) is 81.9 Å². The highest BCUT2D eigenvalue weighted by Gasteiger charge is 2.12. The SMILES string of the molecule is CCn1cccc(C(=O)N/N=C\c2cc(Cl)c(OC)c(OC)c2)c1=O. The molecule has 0 atom stereocenters. The maximum absolute atomic E-state index is 12.1. The quantitative estimate of drug-likeness (QED) is 0.630. The van der Waals surface area contributed by atoms with Crippen LogP contribution in [0.2, 0.25) is 5.02 Å². The molecule has 0 aliphatic rings. The molecule has 1 amide bonds. The molecule has 2 rings (SSSR count). The van der Waals surface area contributed by atoms with Crippen LogP contribution >= 0.6 is 11.6 Å². The van der Waals surface area contributed by atoms with Gasteiger partial charge < -0.3 is 14.0 Å². The van der Waals surface area contributed by atoms with E-state index in [4.69, 9.17) is 21.1 Å². The van der Waals surface area contributed by atoms with Crippen molar-refractivity contribution in [3.63, 3.8) is 0 Å². The van der Waals surface area contributed by atoms with Crippen molar-refractivity contribution in [1.82, 2.24) is 9.99 Å². The number of aryl methyl sites for hydroxylation is 1. The highest BCUT2D eigenvalue weighted by Crippen LogP contribution is 2.35. The molecule has 0 aliphatic heterocycles. The summed E-state index contributed by atoms with van der Waals surface area (Å²) in [7, 11) is 2.98. The van der Waals surface area contributed by atoms with Gasteiger partial charge in [-0.25, -0.2) is 5.43 Å². The van der Waals surface area contributed by atoms with Crippen molar-refractivity contribution in [1.29, 1.82) is 0 Å². The number of amides is 1. The van der Waals surface area contributed by atoms with Crippen molar-refractivity contribution in [3.05, 3.63) is 57.0 Å². The van der Waals surface area contributed by atoms with Gasteiger partial charge >= 0.3 is 0 Å². The van der Waals surface area contributed by atoms with Gasteiger partial charge in [-0.1, -0.05) is 11.6 Å². The van der Waals surface area contributed by atoms with Crippen LogP contribution in [0.4, 0.5) is 0 Å². The van der Waals surface area contributed by atoms with Crippen LogP contribution in [0.1, 0.15) is 22.8 Å². The largest absolute Gasteiger partial charge is 0.493 e. The normalized spacial score (nSPS) is 10.7. The Morgan fingerprint density at radius 1 is 1.36 bits per heavy atom. The fourth-order valence-corrected chi connectivity index (χ4v) is 2.49. The van der Waals surface area contributed by atoms with Gasteiger partial charge in [-0.3, -0.25) is 9.59 Å². The van der Waals surface area contributed by atoms with E-state index in [1.165, 1.54) is 31.1 Å². The average molecular weight is 364 g/mol. The third kappa shape index (κ3) is 4.19. The van der Waals surface area contributed by atoms with E-state index in [9.17, 15) is 9.59 Å². The van der Waals surface area contributed by atoms with Gasteiger partial charge in [-0.15, -0.1) is 0 Å². The Labute approximate surface area is 149 Å². The summed E-state index contributed by atoms with van der Waals surface area (Å²) in [5, 5.41) is 4.21. The van der Waals surface area contributed by atoms with Crippen molar-refractivity contribution in [3.8, 4) is 11.5 Å². The van der Waals surface area contributed by atoms with Gasteiger partial charge in [0, 0.05) is 12.7 Å². The van der Waals surface area contributed by atoms with Crippen LogP contribution in [0, 0.1) is 0 Å². The summed E-state index contributed by atoms with van der Waals surface area (Å²) in [6.45, 7) is 2.30. The zero-order valence-corrected chi connectivity index (χ0v) is 14.8. The van der Waals surface area contributed by atoms with Gasteiger partial charge in [-0.2, -0.15) is 5.10 Å². The molecule has 0 saturated heterocycles. The highest BCUT2D eigenvalue weighted by molar-refractivity contribution is 6.32. The first-order chi connectivity index (χ1) is 12.0. The van der Waals surface area contributed by atoms with Crippen molar-refractivity contribution in [2.24, 2.45) is 5.10 Å². The lowest BCUT2D eigenvalue weighted by atomic mass is 10.2. The van der Waals surface area contributed by atoms with Crippen molar-refractivity contribution in [2.45, 2.75) is 13.5 Å². The number of nitrogens with one attached hydrogen (secondary N) is 1. The molecule has 0 fully saturated rings. The third-order valence-electron chi connectivity index (χ3n) is 3.44. The number of aromatic nitrogens is 1. The molecule has 0 aliphatic carbocycles. The Bertz CT molecular complexity index is 861. The lowest BCUT2D eigenvalue weighted by molar-refractivity contribution is 0.0953. The first kappa shape index (κ1) is 18.5. The Kier molecular flexibility index (Phi) is 6.19. The molecule has 2 aromatic rings. The van der Waals surface area contributed by atoms with Gasteiger partial charge in [0.05, 0.1) is 25.5 Å². The molecule has 8 heteroatoms. The first-order valence-corrected chi connectivity index (χ1v) is 7.84. The van der Waals surface area contributed by atoms with E-state index in [1.807, 2.05) is 6.92 Å². The minimum atomic E-state index is -0.587. The summed E-state index contributed by atoms with van der Waals surface area (Å²) in [4.78, 5) is 24.2. The number of ether oxygens (including phenoxy) is 2. The second-order valence-corrected chi connectivity index (χ2v) is 5.36. The summed E-state index contributed by atoms with van der Waals surface area (Å²) in [5.41, 5.74) is 2.58. The predicted molar refractivity (Wildman–Crippen MR) is 96.0 cm³/mol. The molecule has 0 radical (unpaired) electrons. The van der Waals surface area contributed by atoms with Crippen molar-refractivity contribution in [2.75, 3.05) is 14.2 Å². The number of carbonyl (C=O) groups excluding carboxylic acids is 1. The predicted octanol–water partition coefficient (Wildman–Crippen LogP) is 2.30. The van der Waals surface area contributed by atoms with E-state index in [0.29, 0.717) is 28.6 Å². The Hall–Kier alpha value is -2.80. The van der Waals surface area contributed by atoms with Crippen LogP contribution in [0.25, 0.3) is 0 Å². The van der Waals surface area contributed by atoms with E-state index in [1.54, 1.807) is 24.4 Å². The standard InChI is InChI=1S/C17H18ClN3O4/c1-4-21-7-5-6-12(17(21)23)16(22)20-19-10-11-8-13(18)15(25-3)14(9-11)24-2/h5-10H,4H2,1-3H3,(H,20,22)/b19-10-. The van der Waals surface area contributed by atoms with Gasteiger partial charge in [0.2, 0.25) is 0 Å². The van der Waals surface area contributed by atoms with E-state index < -0.39 is 5.91 Å². The van der Waals surface area contributed by atoms with Crippen molar-refractivity contribution < 1.29 is 14.3 Å². The number of hydrazone groups is 1. The summed E-state index contributed by atoms with van der Waals surface area (Å²) >= 11 is 6.11. The molecule has 0 bridgehead atoms. The fraction of sp³-hybridized carbons (Fsp3) is 0.235. The molecule has 7 nitrogen and oxygen atoms in total. The van der Waals surface area contributed by atoms with Crippen LogP contribution < -0.4 is 20.5 Å². The second kappa shape index (κ2) is 8.34. The fourth-order valence-electron chi connectivity index (χ4n) is 2.20. The summed E-state index contributed by atoms with van der Waals surface area (Å²) in [6, 6.07) is 6.36. The third-order valence-corrected chi connectivity index (χ3v) is 3.72. The maximum atomic E-state index is 12.1. The maximum Gasteiger partial charge on any atom is 0.276 e. The number of carbonyl (C=O) groups is 1. The minimum Gasteiger partial charge on any atom is -0.493 e. The van der Waals surface area contributed by atoms with Crippen LogP contribution in [0.15, 0.2) is 40.4 Å². The number of nitrogens with zero attached hydrogens (tertiary/aromatic N) is 2. The second-order valence-electron chi connectivity index (χ2n) is 4.95. The lowest BCUT2D eigenvalue weighted by Gasteiger charge is -2.09. The molecule has 1 N–H and O–H groups in total. The zero-order chi connectivity index (χ0) is 18.4. The number of benzene rings is 1. The Balaban J connectivity index is 2.17. The molecule has 132 valence electrons. The molecular formula is C17H18ClN3O4. The summed E-state index contributed by atoms with van der Waals surface area (Å²) < 4.78 is 11.8. The number of hydrogen-bond acceptors (Lipinski definition) is 5. The summed E-state index contributed by atoms with van der Waals surface area (Å²) in [6.07, 6.45) is 3.01. The molecule has 0 spiro atoms. The molecule has 0 unspecified atom stereocenters. The van der Waals surface area contributed by atoms with E-state index in [2.05, 4.69) is 10.5 Å². The van der Waals surface area contributed by atoms with E-state index >= 15 is 0 Å². The Morgan fingerprint density at radius 3 is 2.76 bits per heavy atom. The van der Waals surface area contributed by atoms with E-state index in [0.717, 1.165) is 0 Å². The molecule has 25 heavy (non-hydrogen) atoms. The molecule has 1 aromatic heterocycles. The molecule has 1 aromatic carbocycles. The van der Waals surface area contributed by atoms with Crippen LogP contribution in [-0.4, -0.2) is 30.9 Å². The average Bonchev–Trinajstić information content (AvgIpc) is 2.61. The first-order valence-electron chi connectivity index (χ1n) is 7.46. The van der Waals surface area contributed by atoms with Gasteiger partial charge in [0.15, 0.2) is 11.5 Å². The smallest absolute Gasteiger partial charge is 0.276 e. The van der Waals surface area contributed by atoms with Gasteiger partial charge in [0.1, 0.15) is 5.56 Å². The number of rotatable bonds is 6. The monoisotopic (exact) mass is 363 g/mol. The number of pyridine rings is 1. The van der Waals surface area contributed by atoms with Crippen molar-refractivity contribution >= 4 is 23.7 Å². The Morgan fingerprint density at radius 2 is 2.12 bits per heavy atom. The molecule has 0 saturated carbocycles. The highest BCUT2D eigenvalue weighted by atomic mass is 35.5. The van der Waals surface area contributed by atoms with Gasteiger partial charge in [0.25, 0.3) is 11.5 Å². The molecular weight excluding hydrogens is 346 g/mol. The minimum absolute atomic E-state index is 0.0202. The van der Waals surface area contributed by atoms with Crippen LogP contribution in [-0.2, 0) is 6.54 Å². The molecule has 1 heterocycles. The number of methoxy groups -OCH3 is 2. The summed E-state index contributed by atoms with van der Waals surface area (Å²) in [5.74, 6) is 0.266.